The fraction of sp³-hybridized carbons (Fsp3) is 0.500. The van der Waals surface area contributed by atoms with Crippen LogP contribution >= 0.6 is 0 Å². The summed E-state index contributed by atoms with van der Waals surface area (Å²) >= 11 is 0. The molecule has 1 N–H and O–H groups in total. The highest BCUT2D eigenvalue weighted by atomic mass is 16.4. The van der Waals surface area contributed by atoms with Gasteiger partial charge in [0.1, 0.15) is 0 Å². The second kappa shape index (κ2) is 5.30. The average molecular weight is 287 g/mol. The molecule has 1 aliphatic heterocycles. The van der Waals surface area contributed by atoms with Crippen molar-refractivity contribution in [3.8, 4) is 0 Å². The molecule has 3 nitrogen and oxygen atoms in total. The summed E-state index contributed by atoms with van der Waals surface area (Å²) in [6.45, 7) is 8.72. The minimum absolute atomic E-state index is 0.0490. The first-order chi connectivity index (χ1) is 9.65. The zero-order valence-electron chi connectivity index (χ0n) is 13.6. The molecule has 1 fully saturated rings. The number of rotatable bonds is 2. The summed E-state index contributed by atoms with van der Waals surface area (Å²) in [4.78, 5) is 14.2. The van der Waals surface area contributed by atoms with Crippen molar-refractivity contribution in [2.75, 3.05) is 7.05 Å². The van der Waals surface area contributed by atoms with Crippen LogP contribution in [0.5, 0.6) is 0 Å². The number of hydrogen-bond donors (Lipinski definition) is 1. The Balaban J connectivity index is 2.56. The van der Waals surface area contributed by atoms with Crippen LogP contribution in [0.25, 0.3) is 5.57 Å². The third-order valence-corrected chi connectivity index (χ3v) is 4.74. The molecule has 1 aliphatic rings. The van der Waals surface area contributed by atoms with Crippen molar-refractivity contribution < 1.29 is 9.90 Å². The molecular weight excluding hydrogens is 262 g/mol. The molecule has 0 radical (unpaired) electrons. The lowest BCUT2D eigenvalue weighted by Crippen LogP contribution is -2.57. The monoisotopic (exact) mass is 287 g/mol. The highest BCUT2D eigenvalue weighted by Crippen LogP contribution is 2.42. The van der Waals surface area contributed by atoms with Crippen LogP contribution in [0.4, 0.5) is 0 Å². The van der Waals surface area contributed by atoms with Crippen molar-refractivity contribution in [1.29, 1.82) is 0 Å². The molecule has 2 rings (SSSR count). The number of hydrogen-bond acceptors (Lipinski definition) is 2. The predicted molar refractivity (Wildman–Crippen MR) is 86.2 cm³/mol. The van der Waals surface area contributed by atoms with Crippen molar-refractivity contribution in [3.05, 3.63) is 41.5 Å². The molecular formula is C18H25NO2. The van der Waals surface area contributed by atoms with Gasteiger partial charge in [-0.2, -0.15) is 0 Å². The summed E-state index contributed by atoms with van der Waals surface area (Å²) in [7, 11) is 2.12. The fourth-order valence-electron chi connectivity index (χ4n) is 3.42. The molecule has 0 aromatic heterocycles. The number of aliphatic carboxylic acids is 1. The van der Waals surface area contributed by atoms with Gasteiger partial charge >= 0.3 is 5.97 Å². The van der Waals surface area contributed by atoms with Gasteiger partial charge < -0.3 is 5.11 Å². The topological polar surface area (TPSA) is 40.5 Å². The van der Waals surface area contributed by atoms with Gasteiger partial charge in [-0.1, -0.05) is 35.9 Å². The number of nitrogens with zero attached hydrogens (tertiary/aromatic N) is 1. The van der Waals surface area contributed by atoms with Crippen molar-refractivity contribution >= 4 is 11.5 Å². The van der Waals surface area contributed by atoms with Gasteiger partial charge in [0.2, 0.25) is 0 Å². The van der Waals surface area contributed by atoms with E-state index >= 15 is 0 Å². The van der Waals surface area contributed by atoms with Crippen LogP contribution in [0.15, 0.2) is 35.9 Å². The van der Waals surface area contributed by atoms with Crippen molar-refractivity contribution in [2.45, 2.75) is 51.6 Å². The van der Waals surface area contributed by atoms with Crippen LogP contribution in [0, 0.1) is 0 Å². The van der Waals surface area contributed by atoms with E-state index in [4.69, 9.17) is 0 Å². The number of carbonyl (C=O) groups is 1. The van der Waals surface area contributed by atoms with E-state index in [9.17, 15) is 9.90 Å². The molecule has 0 unspecified atom stereocenters. The minimum Gasteiger partial charge on any atom is -0.478 e. The Morgan fingerprint density at radius 2 is 1.52 bits per heavy atom. The van der Waals surface area contributed by atoms with Gasteiger partial charge in [-0.25, -0.2) is 4.79 Å². The molecule has 0 spiro atoms. The smallest absolute Gasteiger partial charge is 0.336 e. The third-order valence-electron chi connectivity index (χ3n) is 4.74. The Hall–Kier alpha value is -1.61. The maximum Gasteiger partial charge on any atom is 0.336 e. The maximum absolute atomic E-state index is 11.8. The lowest BCUT2D eigenvalue weighted by Gasteiger charge is -2.52. The molecule has 3 heteroatoms. The van der Waals surface area contributed by atoms with E-state index in [0.29, 0.717) is 5.57 Å². The molecule has 1 saturated heterocycles. The fourth-order valence-corrected chi connectivity index (χ4v) is 3.42. The van der Waals surface area contributed by atoms with Crippen LogP contribution in [0.1, 0.15) is 46.1 Å². The van der Waals surface area contributed by atoms with Crippen LogP contribution in [-0.4, -0.2) is 34.1 Å². The molecule has 114 valence electrons. The third kappa shape index (κ3) is 3.03. The van der Waals surface area contributed by atoms with E-state index in [0.717, 1.165) is 24.0 Å². The highest BCUT2D eigenvalue weighted by Gasteiger charge is 2.42. The van der Waals surface area contributed by atoms with E-state index in [2.05, 4.69) is 39.6 Å². The van der Waals surface area contributed by atoms with Gasteiger partial charge in [0.15, 0.2) is 0 Å². The second-order valence-corrected chi connectivity index (χ2v) is 7.19. The van der Waals surface area contributed by atoms with Crippen molar-refractivity contribution in [1.82, 2.24) is 4.90 Å². The Bertz CT molecular complexity index is 550. The molecule has 0 aliphatic carbocycles. The van der Waals surface area contributed by atoms with E-state index in [1.165, 1.54) is 0 Å². The number of benzene rings is 1. The van der Waals surface area contributed by atoms with E-state index in [1.54, 1.807) is 0 Å². The number of likely N-dealkylation sites (tertiary alicyclic amines) is 1. The second-order valence-electron chi connectivity index (χ2n) is 7.19. The first-order valence-electron chi connectivity index (χ1n) is 7.40. The Labute approximate surface area is 127 Å². The zero-order valence-corrected chi connectivity index (χ0v) is 13.6. The number of piperidine rings is 1. The Morgan fingerprint density at radius 3 is 1.95 bits per heavy atom. The van der Waals surface area contributed by atoms with Crippen molar-refractivity contribution in [2.24, 2.45) is 0 Å². The predicted octanol–water partition coefficient (Wildman–Crippen LogP) is 3.81. The maximum atomic E-state index is 11.8. The molecule has 1 aromatic carbocycles. The minimum atomic E-state index is -0.827. The van der Waals surface area contributed by atoms with Crippen LogP contribution in [0.2, 0.25) is 0 Å². The van der Waals surface area contributed by atoms with Crippen LogP contribution in [0.3, 0.4) is 0 Å². The summed E-state index contributed by atoms with van der Waals surface area (Å²) in [5.41, 5.74) is 2.22. The van der Waals surface area contributed by atoms with Gasteiger partial charge in [0, 0.05) is 11.1 Å². The summed E-state index contributed by atoms with van der Waals surface area (Å²) in [5.74, 6) is -0.827. The first kappa shape index (κ1) is 15.8. The molecule has 0 bridgehead atoms. The SMILES string of the molecule is CN1C(C)(C)CC(=C(C(=O)O)c2ccccc2)CC1(C)C. The molecule has 1 aromatic rings. The first-order valence-corrected chi connectivity index (χ1v) is 7.40. The van der Waals surface area contributed by atoms with Crippen molar-refractivity contribution in [3.63, 3.8) is 0 Å². The van der Waals surface area contributed by atoms with E-state index < -0.39 is 5.97 Å². The van der Waals surface area contributed by atoms with E-state index in [-0.39, 0.29) is 11.1 Å². The molecule has 1 heterocycles. The average Bonchev–Trinajstić information content (AvgIpc) is 2.36. The van der Waals surface area contributed by atoms with Gasteiger partial charge in [0.05, 0.1) is 5.57 Å². The van der Waals surface area contributed by atoms with Crippen LogP contribution < -0.4 is 0 Å². The summed E-state index contributed by atoms with van der Waals surface area (Å²) in [6.07, 6.45) is 1.56. The van der Waals surface area contributed by atoms with Gasteiger partial charge in [-0.3, -0.25) is 4.90 Å². The largest absolute Gasteiger partial charge is 0.478 e. The lowest BCUT2D eigenvalue weighted by molar-refractivity contribution is -0.130. The number of carboxylic acids is 1. The lowest BCUT2D eigenvalue weighted by atomic mass is 9.75. The number of carboxylic acid groups (broad SMARTS) is 1. The molecule has 0 atom stereocenters. The highest BCUT2D eigenvalue weighted by molar-refractivity contribution is 6.16. The molecule has 0 amide bonds. The summed E-state index contributed by atoms with van der Waals surface area (Å²) < 4.78 is 0. The Kier molecular flexibility index (Phi) is 3.98. The van der Waals surface area contributed by atoms with Gasteiger partial charge in [-0.05, 0) is 53.1 Å². The quantitative estimate of drug-likeness (QED) is 0.841. The normalized spacial score (nSPS) is 21.1. The Morgan fingerprint density at radius 1 is 1.05 bits per heavy atom. The standard InChI is InChI=1S/C18H25NO2/c1-17(2)11-14(12-18(3,4)19(17)5)15(16(20)21)13-9-7-6-8-10-13/h6-10H,11-12H2,1-5H3,(H,20,21). The van der Waals surface area contributed by atoms with Gasteiger partial charge in [0.25, 0.3) is 0 Å². The molecule has 21 heavy (non-hydrogen) atoms. The summed E-state index contributed by atoms with van der Waals surface area (Å²) in [6, 6.07) is 9.47. The van der Waals surface area contributed by atoms with E-state index in [1.807, 2.05) is 30.3 Å². The zero-order chi connectivity index (χ0) is 15.8. The van der Waals surface area contributed by atoms with Gasteiger partial charge in [-0.15, -0.1) is 0 Å². The summed E-state index contributed by atoms with van der Waals surface area (Å²) in [5, 5.41) is 9.71. The molecule has 0 saturated carbocycles. The van der Waals surface area contributed by atoms with Crippen LogP contribution in [-0.2, 0) is 4.79 Å².